The van der Waals surface area contributed by atoms with E-state index in [4.69, 9.17) is 0 Å². The molecule has 0 spiro atoms. The van der Waals surface area contributed by atoms with Gasteiger partial charge >= 0.3 is 5.97 Å². The van der Waals surface area contributed by atoms with Crippen LogP contribution in [-0.4, -0.2) is 32.5 Å². The van der Waals surface area contributed by atoms with Gasteiger partial charge in [0.25, 0.3) is 5.91 Å². The lowest BCUT2D eigenvalue weighted by Crippen LogP contribution is -2.52. The molecule has 1 aromatic carbocycles. The largest absolute Gasteiger partial charge is 0.480 e. The van der Waals surface area contributed by atoms with Gasteiger partial charge in [0.1, 0.15) is 11.1 Å². The monoisotopic (exact) mass is 287 g/mol. The van der Waals surface area contributed by atoms with Gasteiger partial charge in [-0.25, -0.2) is 4.79 Å². The predicted molar refractivity (Wildman–Crippen MR) is 78.0 cm³/mol. The molecule has 110 valence electrons. The number of rotatable bonds is 5. The maximum Gasteiger partial charge on any atom is 0.329 e. The second kappa shape index (κ2) is 5.87. The minimum absolute atomic E-state index is 0.323. The normalized spacial score (nSPS) is 13.6. The van der Waals surface area contributed by atoms with E-state index in [0.29, 0.717) is 29.4 Å². The lowest BCUT2D eigenvalue weighted by molar-refractivity contribution is -0.144. The van der Waals surface area contributed by atoms with Gasteiger partial charge < -0.3 is 10.4 Å². The molecule has 2 N–H and O–H groups in total. The SMILES string of the molecule is CCCC(C)(NC(=O)c1cccc2nccnc12)C(=O)O. The molecule has 0 bridgehead atoms. The van der Waals surface area contributed by atoms with Gasteiger partial charge in [-0.05, 0) is 25.5 Å². The quantitative estimate of drug-likeness (QED) is 0.877. The van der Waals surface area contributed by atoms with E-state index in [1.807, 2.05) is 6.92 Å². The number of hydrogen-bond acceptors (Lipinski definition) is 4. The Morgan fingerprint density at radius 3 is 2.67 bits per heavy atom. The van der Waals surface area contributed by atoms with Crippen molar-refractivity contribution in [3.63, 3.8) is 0 Å². The number of nitrogens with zero attached hydrogens (tertiary/aromatic N) is 2. The fourth-order valence-corrected chi connectivity index (χ4v) is 2.22. The van der Waals surface area contributed by atoms with Crippen LogP contribution in [0.5, 0.6) is 0 Å². The summed E-state index contributed by atoms with van der Waals surface area (Å²) in [6, 6.07) is 5.06. The first-order valence-electron chi connectivity index (χ1n) is 6.73. The number of carboxylic acid groups (broad SMARTS) is 1. The molecule has 1 aromatic heterocycles. The van der Waals surface area contributed by atoms with E-state index in [0.717, 1.165) is 0 Å². The van der Waals surface area contributed by atoms with Crippen molar-refractivity contribution in [2.24, 2.45) is 0 Å². The van der Waals surface area contributed by atoms with Crippen LogP contribution in [0.3, 0.4) is 0 Å². The maximum absolute atomic E-state index is 12.4. The third kappa shape index (κ3) is 2.99. The smallest absolute Gasteiger partial charge is 0.329 e. The van der Waals surface area contributed by atoms with Crippen molar-refractivity contribution in [1.29, 1.82) is 0 Å². The minimum atomic E-state index is -1.30. The predicted octanol–water partition coefficient (Wildman–Crippen LogP) is 2.00. The van der Waals surface area contributed by atoms with E-state index in [1.54, 1.807) is 24.4 Å². The summed E-state index contributed by atoms with van der Waals surface area (Å²) < 4.78 is 0. The van der Waals surface area contributed by atoms with Crippen LogP contribution < -0.4 is 5.32 Å². The third-order valence-corrected chi connectivity index (χ3v) is 3.35. The molecular weight excluding hydrogens is 270 g/mol. The van der Waals surface area contributed by atoms with E-state index < -0.39 is 17.4 Å². The van der Waals surface area contributed by atoms with E-state index in [1.165, 1.54) is 13.1 Å². The molecular formula is C15H17N3O3. The number of aliphatic carboxylic acids is 1. The van der Waals surface area contributed by atoms with E-state index in [9.17, 15) is 14.7 Å². The first-order valence-corrected chi connectivity index (χ1v) is 6.73. The Balaban J connectivity index is 2.36. The fourth-order valence-electron chi connectivity index (χ4n) is 2.22. The molecule has 0 saturated carbocycles. The van der Waals surface area contributed by atoms with Gasteiger partial charge in [-0.15, -0.1) is 0 Å². The maximum atomic E-state index is 12.4. The van der Waals surface area contributed by atoms with E-state index >= 15 is 0 Å². The standard InChI is InChI=1S/C15H17N3O3/c1-3-7-15(2,14(20)21)18-13(19)10-5-4-6-11-12(10)17-9-8-16-11/h4-6,8-9H,3,7H2,1-2H3,(H,18,19)(H,20,21). The summed E-state index contributed by atoms with van der Waals surface area (Å²) in [6.45, 7) is 3.38. The summed E-state index contributed by atoms with van der Waals surface area (Å²) in [5, 5.41) is 11.9. The van der Waals surface area contributed by atoms with Crippen LogP contribution >= 0.6 is 0 Å². The molecule has 6 heteroatoms. The van der Waals surface area contributed by atoms with Gasteiger partial charge in [-0.3, -0.25) is 14.8 Å². The Labute approximate surface area is 122 Å². The van der Waals surface area contributed by atoms with Crippen molar-refractivity contribution < 1.29 is 14.7 Å². The average molecular weight is 287 g/mol. The molecule has 6 nitrogen and oxygen atoms in total. The lowest BCUT2D eigenvalue weighted by atomic mass is 9.95. The number of carboxylic acids is 1. The first-order chi connectivity index (χ1) is 9.98. The number of nitrogens with one attached hydrogen (secondary N) is 1. The zero-order valence-corrected chi connectivity index (χ0v) is 12.0. The zero-order chi connectivity index (χ0) is 15.5. The fraction of sp³-hybridized carbons (Fsp3) is 0.333. The lowest BCUT2D eigenvalue weighted by Gasteiger charge is -2.25. The van der Waals surface area contributed by atoms with Gasteiger partial charge in [0.2, 0.25) is 0 Å². The Kier molecular flexibility index (Phi) is 4.16. The number of fused-ring (bicyclic) bond motifs is 1. The molecule has 1 amide bonds. The van der Waals surface area contributed by atoms with Gasteiger partial charge in [-0.1, -0.05) is 19.4 Å². The Morgan fingerprint density at radius 1 is 1.29 bits per heavy atom. The second-order valence-corrected chi connectivity index (χ2v) is 5.07. The highest BCUT2D eigenvalue weighted by atomic mass is 16.4. The highest BCUT2D eigenvalue weighted by molar-refractivity contribution is 6.06. The van der Waals surface area contributed by atoms with Gasteiger partial charge in [0, 0.05) is 12.4 Å². The summed E-state index contributed by atoms with van der Waals surface area (Å²) in [4.78, 5) is 32.1. The number of para-hydroxylation sites is 1. The van der Waals surface area contributed by atoms with Crippen LogP contribution in [-0.2, 0) is 4.79 Å². The average Bonchev–Trinajstić information content (AvgIpc) is 2.46. The molecule has 1 unspecified atom stereocenters. The number of aromatic nitrogens is 2. The summed E-state index contributed by atoms with van der Waals surface area (Å²) in [7, 11) is 0. The molecule has 2 aromatic rings. The number of carbonyl (C=O) groups is 2. The van der Waals surface area contributed by atoms with Crippen molar-refractivity contribution in [1.82, 2.24) is 15.3 Å². The number of hydrogen-bond donors (Lipinski definition) is 2. The van der Waals surface area contributed by atoms with Crippen LogP contribution in [0.2, 0.25) is 0 Å². The molecule has 1 atom stereocenters. The van der Waals surface area contributed by atoms with E-state index in [2.05, 4.69) is 15.3 Å². The number of amides is 1. The van der Waals surface area contributed by atoms with Crippen molar-refractivity contribution in [3.8, 4) is 0 Å². The van der Waals surface area contributed by atoms with Gasteiger partial charge in [0.05, 0.1) is 11.1 Å². The summed E-state index contributed by atoms with van der Waals surface area (Å²) in [6.07, 6.45) is 4.05. The van der Waals surface area contributed by atoms with Crippen molar-refractivity contribution in [3.05, 3.63) is 36.2 Å². The topological polar surface area (TPSA) is 92.2 Å². The third-order valence-electron chi connectivity index (χ3n) is 3.35. The van der Waals surface area contributed by atoms with Crippen molar-refractivity contribution in [2.45, 2.75) is 32.2 Å². The van der Waals surface area contributed by atoms with Crippen LogP contribution in [0.1, 0.15) is 37.0 Å². The van der Waals surface area contributed by atoms with Crippen LogP contribution in [0.4, 0.5) is 0 Å². The molecule has 0 fully saturated rings. The number of carbonyl (C=O) groups excluding carboxylic acids is 1. The summed E-state index contributed by atoms with van der Waals surface area (Å²) in [5.41, 5.74) is 0.0829. The Hall–Kier alpha value is -2.50. The molecule has 2 rings (SSSR count). The highest BCUT2D eigenvalue weighted by Gasteiger charge is 2.34. The van der Waals surface area contributed by atoms with Crippen LogP contribution in [0.15, 0.2) is 30.6 Å². The van der Waals surface area contributed by atoms with Crippen molar-refractivity contribution >= 4 is 22.9 Å². The van der Waals surface area contributed by atoms with Crippen LogP contribution in [0.25, 0.3) is 11.0 Å². The molecule has 1 heterocycles. The molecule has 0 aliphatic rings. The molecule has 0 aliphatic heterocycles. The zero-order valence-electron chi connectivity index (χ0n) is 12.0. The summed E-state index contributed by atoms with van der Waals surface area (Å²) in [5.74, 6) is -1.51. The highest BCUT2D eigenvalue weighted by Crippen LogP contribution is 2.17. The molecule has 0 radical (unpaired) electrons. The van der Waals surface area contributed by atoms with Gasteiger partial charge in [0.15, 0.2) is 0 Å². The number of benzene rings is 1. The molecule has 0 aliphatic carbocycles. The van der Waals surface area contributed by atoms with Gasteiger partial charge in [-0.2, -0.15) is 0 Å². The minimum Gasteiger partial charge on any atom is -0.480 e. The van der Waals surface area contributed by atoms with E-state index in [-0.39, 0.29) is 0 Å². The second-order valence-electron chi connectivity index (χ2n) is 5.07. The van der Waals surface area contributed by atoms with Crippen LogP contribution in [0, 0.1) is 0 Å². The molecule has 0 saturated heterocycles. The first kappa shape index (κ1) is 14.9. The summed E-state index contributed by atoms with van der Waals surface area (Å²) >= 11 is 0. The van der Waals surface area contributed by atoms with Crippen molar-refractivity contribution in [2.75, 3.05) is 0 Å². The molecule has 21 heavy (non-hydrogen) atoms. The Bertz CT molecular complexity index is 681. The Morgan fingerprint density at radius 2 is 2.00 bits per heavy atom.